The first-order chi connectivity index (χ1) is 12.4. The lowest BCUT2D eigenvalue weighted by Gasteiger charge is -2.11. The Bertz CT molecular complexity index is 884. The lowest BCUT2D eigenvalue weighted by molar-refractivity contribution is -0.0328. The van der Waals surface area contributed by atoms with Gasteiger partial charge in [-0.2, -0.15) is 13.2 Å². The van der Waals surface area contributed by atoms with E-state index in [0.717, 1.165) is 9.24 Å². The van der Waals surface area contributed by atoms with Crippen molar-refractivity contribution in [3.05, 3.63) is 59.6 Å². The fourth-order valence-corrected chi connectivity index (χ4v) is 4.10. The van der Waals surface area contributed by atoms with E-state index in [1.807, 2.05) is 0 Å². The first kappa shape index (κ1) is 18.7. The third-order valence-electron chi connectivity index (χ3n) is 3.01. The van der Waals surface area contributed by atoms with Crippen LogP contribution in [0.25, 0.3) is 0 Å². The van der Waals surface area contributed by atoms with E-state index in [-0.39, 0.29) is 22.2 Å². The van der Waals surface area contributed by atoms with Crippen molar-refractivity contribution in [1.82, 2.24) is 10.2 Å². The average molecular weight is 413 g/mol. The van der Waals surface area contributed by atoms with Crippen LogP contribution in [0.1, 0.15) is 10.4 Å². The third-order valence-corrected chi connectivity index (χ3v) is 5.61. The van der Waals surface area contributed by atoms with Gasteiger partial charge in [0.1, 0.15) is 5.51 Å². The number of rotatable bonds is 5. The quantitative estimate of drug-likeness (QED) is 0.556. The van der Waals surface area contributed by atoms with Crippen molar-refractivity contribution in [2.24, 2.45) is 0 Å². The summed E-state index contributed by atoms with van der Waals surface area (Å²) in [7, 11) is 0. The molecular formula is C16H10F3N3OS3. The molecule has 4 nitrogen and oxygen atoms in total. The number of thioether (sulfide) groups is 1. The zero-order chi connectivity index (χ0) is 18.6. The van der Waals surface area contributed by atoms with Crippen LogP contribution >= 0.6 is 34.9 Å². The van der Waals surface area contributed by atoms with Crippen LogP contribution in [0.2, 0.25) is 0 Å². The van der Waals surface area contributed by atoms with Crippen molar-refractivity contribution in [2.75, 3.05) is 5.32 Å². The van der Waals surface area contributed by atoms with Crippen LogP contribution in [0, 0.1) is 0 Å². The van der Waals surface area contributed by atoms with Gasteiger partial charge in [0.05, 0.1) is 5.56 Å². The predicted octanol–water partition coefficient (Wildman–Crippen LogP) is 5.55. The van der Waals surface area contributed by atoms with E-state index in [9.17, 15) is 18.0 Å². The Morgan fingerprint density at radius 3 is 2.46 bits per heavy atom. The van der Waals surface area contributed by atoms with E-state index in [1.165, 1.54) is 47.4 Å². The number of hydrogen-bond acceptors (Lipinski definition) is 6. The zero-order valence-corrected chi connectivity index (χ0v) is 15.3. The maximum absolute atomic E-state index is 12.6. The van der Waals surface area contributed by atoms with Gasteiger partial charge in [-0.15, -0.1) is 10.2 Å². The highest BCUT2D eigenvalue weighted by Crippen LogP contribution is 2.38. The van der Waals surface area contributed by atoms with Crippen LogP contribution in [0.15, 0.2) is 68.2 Å². The Hall–Kier alpha value is -2.04. The fraction of sp³-hybridized carbons (Fsp3) is 0.0625. The van der Waals surface area contributed by atoms with Crippen molar-refractivity contribution in [3.8, 4) is 0 Å². The van der Waals surface area contributed by atoms with Gasteiger partial charge in [0.25, 0.3) is 5.91 Å². The van der Waals surface area contributed by atoms with Gasteiger partial charge in [-0.25, -0.2) is 0 Å². The SMILES string of the molecule is O=C(Nc1ccc(Sc2nncs2)cc1)c1ccccc1SC(F)(F)F. The van der Waals surface area contributed by atoms with E-state index < -0.39 is 11.4 Å². The van der Waals surface area contributed by atoms with E-state index in [2.05, 4.69) is 15.5 Å². The molecule has 0 aliphatic rings. The van der Waals surface area contributed by atoms with Gasteiger partial charge in [-0.05, 0) is 48.2 Å². The molecule has 134 valence electrons. The molecular weight excluding hydrogens is 403 g/mol. The monoisotopic (exact) mass is 413 g/mol. The van der Waals surface area contributed by atoms with Crippen molar-refractivity contribution in [2.45, 2.75) is 19.6 Å². The number of benzene rings is 2. The molecule has 3 aromatic rings. The molecule has 1 N–H and O–H groups in total. The van der Waals surface area contributed by atoms with E-state index in [4.69, 9.17) is 0 Å². The molecule has 0 saturated carbocycles. The standard InChI is InChI=1S/C16H10F3N3OS3/c17-16(18,19)26-13-4-2-1-3-12(13)14(23)21-10-5-7-11(8-6-10)25-15-22-20-9-24-15/h1-9H,(H,21,23). The third kappa shape index (κ3) is 5.23. The Morgan fingerprint density at radius 2 is 1.81 bits per heavy atom. The van der Waals surface area contributed by atoms with Gasteiger partial charge < -0.3 is 5.32 Å². The number of aromatic nitrogens is 2. The summed E-state index contributed by atoms with van der Waals surface area (Å²) < 4.78 is 38.7. The van der Waals surface area contributed by atoms with Crippen LogP contribution in [0.5, 0.6) is 0 Å². The van der Waals surface area contributed by atoms with Gasteiger partial charge >= 0.3 is 5.51 Å². The minimum Gasteiger partial charge on any atom is -0.322 e. The number of carbonyl (C=O) groups excluding carboxylic acids is 1. The molecule has 10 heteroatoms. The number of nitrogens with one attached hydrogen (secondary N) is 1. The second kappa shape index (κ2) is 8.11. The van der Waals surface area contributed by atoms with Gasteiger partial charge in [-0.1, -0.05) is 35.2 Å². The van der Waals surface area contributed by atoms with E-state index >= 15 is 0 Å². The summed E-state index contributed by atoms with van der Waals surface area (Å²) >= 11 is 2.54. The number of alkyl halides is 3. The van der Waals surface area contributed by atoms with Crippen molar-refractivity contribution in [3.63, 3.8) is 0 Å². The normalized spacial score (nSPS) is 11.3. The Kier molecular flexibility index (Phi) is 5.84. The predicted molar refractivity (Wildman–Crippen MR) is 96.8 cm³/mol. The molecule has 0 radical (unpaired) electrons. The van der Waals surface area contributed by atoms with Gasteiger partial charge in [0, 0.05) is 15.5 Å². The number of nitrogens with zero attached hydrogens (tertiary/aromatic N) is 2. The van der Waals surface area contributed by atoms with Gasteiger partial charge in [0.15, 0.2) is 4.34 Å². The molecule has 3 rings (SSSR count). The average Bonchev–Trinajstić information content (AvgIpc) is 3.08. The molecule has 1 heterocycles. The topological polar surface area (TPSA) is 54.9 Å². The highest BCUT2D eigenvalue weighted by Gasteiger charge is 2.31. The molecule has 0 aliphatic carbocycles. The van der Waals surface area contributed by atoms with Crippen LogP contribution in [0.4, 0.5) is 18.9 Å². The molecule has 0 bridgehead atoms. The summed E-state index contributed by atoms with van der Waals surface area (Å²) in [5.41, 5.74) is -2.36. The van der Waals surface area contributed by atoms with E-state index in [1.54, 1.807) is 29.8 Å². The largest absolute Gasteiger partial charge is 0.446 e. The van der Waals surface area contributed by atoms with Crippen LogP contribution < -0.4 is 5.32 Å². The van der Waals surface area contributed by atoms with Crippen LogP contribution in [-0.2, 0) is 0 Å². The Labute approximate surface area is 159 Å². The van der Waals surface area contributed by atoms with Gasteiger partial charge in [0.2, 0.25) is 0 Å². The zero-order valence-electron chi connectivity index (χ0n) is 12.9. The highest BCUT2D eigenvalue weighted by atomic mass is 32.2. The molecule has 1 aromatic heterocycles. The molecule has 0 atom stereocenters. The maximum Gasteiger partial charge on any atom is 0.446 e. The summed E-state index contributed by atoms with van der Waals surface area (Å²) in [5, 5.41) is 10.3. The molecule has 0 saturated heterocycles. The summed E-state index contributed by atoms with van der Waals surface area (Å²) in [4.78, 5) is 13.1. The maximum atomic E-state index is 12.6. The molecule has 26 heavy (non-hydrogen) atoms. The lowest BCUT2D eigenvalue weighted by atomic mass is 10.2. The summed E-state index contributed by atoms with van der Waals surface area (Å²) in [6, 6.07) is 12.6. The van der Waals surface area contributed by atoms with E-state index in [0.29, 0.717) is 5.69 Å². The molecule has 1 amide bonds. The molecule has 0 spiro atoms. The number of anilines is 1. The summed E-state index contributed by atoms with van der Waals surface area (Å²) in [5.74, 6) is -0.595. The minimum absolute atomic E-state index is 0.0258. The molecule has 0 unspecified atom stereocenters. The molecule has 0 aliphatic heterocycles. The number of halogens is 3. The highest BCUT2D eigenvalue weighted by molar-refractivity contribution is 8.01. The number of amides is 1. The second-order valence-corrected chi connectivity index (χ2v) is 8.09. The fourth-order valence-electron chi connectivity index (χ4n) is 1.98. The van der Waals surface area contributed by atoms with Gasteiger partial charge in [-0.3, -0.25) is 4.79 Å². The van der Waals surface area contributed by atoms with Crippen molar-refractivity contribution >= 4 is 46.5 Å². The van der Waals surface area contributed by atoms with Crippen LogP contribution in [0.3, 0.4) is 0 Å². The number of hydrogen-bond donors (Lipinski definition) is 1. The molecule has 0 fully saturated rings. The Balaban J connectivity index is 1.70. The van der Waals surface area contributed by atoms with Crippen LogP contribution in [-0.4, -0.2) is 21.6 Å². The second-order valence-electron chi connectivity index (χ2n) is 4.83. The smallest absolute Gasteiger partial charge is 0.322 e. The molecule has 2 aromatic carbocycles. The lowest BCUT2D eigenvalue weighted by Crippen LogP contribution is -2.14. The minimum atomic E-state index is -4.46. The first-order valence-electron chi connectivity index (χ1n) is 7.11. The summed E-state index contributed by atoms with van der Waals surface area (Å²) in [6.07, 6.45) is 0. The first-order valence-corrected chi connectivity index (χ1v) is 9.62. The number of carbonyl (C=O) groups is 1. The van der Waals surface area contributed by atoms with Crippen molar-refractivity contribution < 1.29 is 18.0 Å². The summed E-state index contributed by atoms with van der Waals surface area (Å²) in [6.45, 7) is 0. The van der Waals surface area contributed by atoms with Crippen molar-refractivity contribution in [1.29, 1.82) is 0 Å². The Morgan fingerprint density at radius 1 is 1.08 bits per heavy atom.